The Morgan fingerprint density at radius 1 is 1.43 bits per heavy atom. The molecular formula is C9H20N2O2S. The molecule has 1 heterocycles. The fourth-order valence-corrected chi connectivity index (χ4v) is 3.05. The lowest BCUT2D eigenvalue weighted by Crippen LogP contribution is -2.49. The zero-order chi connectivity index (χ0) is 10.8. The Kier molecular flexibility index (Phi) is 3.92. The number of hydrogen-bond acceptors (Lipinski definition) is 3. The average molecular weight is 220 g/mol. The van der Waals surface area contributed by atoms with E-state index in [9.17, 15) is 8.42 Å². The summed E-state index contributed by atoms with van der Waals surface area (Å²) in [5, 5.41) is 0. The van der Waals surface area contributed by atoms with Crippen LogP contribution in [0.2, 0.25) is 0 Å². The standard InChI is InChI=1S/C9H20N2O2S/c1-3-8-7-11(6-5-9(8)10)14(12,13)4-2/h8-9H,3-7,10H2,1-2H3. The van der Waals surface area contributed by atoms with E-state index in [1.54, 1.807) is 11.2 Å². The molecule has 1 rings (SSSR count). The molecular weight excluding hydrogens is 200 g/mol. The molecule has 0 saturated carbocycles. The van der Waals surface area contributed by atoms with Crippen molar-refractivity contribution in [3.63, 3.8) is 0 Å². The minimum absolute atomic E-state index is 0.170. The van der Waals surface area contributed by atoms with Crippen LogP contribution in [0.5, 0.6) is 0 Å². The summed E-state index contributed by atoms with van der Waals surface area (Å²) in [6.45, 7) is 4.94. The summed E-state index contributed by atoms with van der Waals surface area (Å²) >= 11 is 0. The van der Waals surface area contributed by atoms with Crippen molar-refractivity contribution in [1.29, 1.82) is 0 Å². The van der Waals surface area contributed by atoms with Crippen molar-refractivity contribution < 1.29 is 8.42 Å². The maximum atomic E-state index is 11.6. The van der Waals surface area contributed by atoms with E-state index in [-0.39, 0.29) is 11.8 Å². The second-order valence-corrected chi connectivity index (χ2v) is 6.14. The molecule has 5 heteroatoms. The van der Waals surface area contributed by atoms with Crippen LogP contribution in [0.25, 0.3) is 0 Å². The highest BCUT2D eigenvalue weighted by Crippen LogP contribution is 2.20. The highest BCUT2D eigenvalue weighted by molar-refractivity contribution is 7.89. The van der Waals surface area contributed by atoms with Crippen LogP contribution in [-0.2, 0) is 10.0 Å². The summed E-state index contributed by atoms with van der Waals surface area (Å²) in [4.78, 5) is 0. The molecule has 1 fully saturated rings. The molecule has 1 aliphatic heterocycles. The maximum absolute atomic E-state index is 11.6. The van der Waals surface area contributed by atoms with Gasteiger partial charge in [0.1, 0.15) is 0 Å². The minimum Gasteiger partial charge on any atom is -0.327 e. The third-order valence-corrected chi connectivity index (χ3v) is 4.89. The highest BCUT2D eigenvalue weighted by Gasteiger charge is 2.30. The predicted molar refractivity (Wildman–Crippen MR) is 57.4 cm³/mol. The Bertz CT molecular complexity index is 277. The van der Waals surface area contributed by atoms with Gasteiger partial charge in [-0.05, 0) is 19.3 Å². The number of hydrogen-bond donors (Lipinski definition) is 1. The molecule has 0 spiro atoms. The molecule has 1 aliphatic rings. The van der Waals surface area contributed by atoms with Crippen molar-refractivity contribution >= 4 is 10.0 Å². The quantitative estimate of drug-likeness (QED) is 0.748. The molecule has 1 saturated heterocycles. The zero-order valence-electron chi connectivity index (χ0n) is 8.94. The van der Waals surface area contributed by atoms with Crippen LogP contribution < -0.4 is 5.73 Å². The average Bonchev–Trinajstić information content (AvgIpc) is 2.18. The highest BCUT2D eigenvalue weighted by atomic mass is 32.2. The number of nitrogens with zero attached hydrogens (tertiary/aromatic N) is 1. The van der Waals surface area contributed by atoms with Crippen LogP contribution in [0, 0.1) is 5.92 Å². The summed E-state index contributed by atoms with van der Waals surface area (Å²) in [5.74, 6) is 0.517. The molecule has 0 aromatic rings. The Balaban J connectivity index is 2.68. The van der Waals surface area contributed by atoms with E-state index in [0.29, 0.717) is 19.0 Å². The topological polar surface area (TPSA) is 63.4 Å². The molecule has 84 valence electrons. The van der Waals surface area contributed by atoms with Gasteiger partial charge in [0.15, 0.2) is 0 Å². The van der Waals surface area contributed by atoms with Crippen molar-refractivity contribution in [2.24, 2.45) is 11.7 Å². The number of sulfonamides is 1. The van der Waals surface area contributed by atoms with E-state index >= 15 is 0 Å². The second-order valence-electron chi connectivity index (χ2n) is 3.88. The molecule has 2 unspecified atom stereocenters. The van der Waals surface area contributed by atoms with E-state index in [2.05, 4.69) is 6.92 Å². The first-order valence-corrected chi connectivity index (χ1v) is 6.85. The fourth-order valence-electron chi connectivity index (χ4n) is 1.88. The van der Waals surface area contributed by atoms with E-state index in [4.69, 9.17) is 5.73 Å². The van der Waals surface area contributed by atoms with Gasteiger partial charge in [-0.15, -0.1) is 0 Å². The van der Waals surface area contributed by atoms with Gasteiger partial charge in [-0.3, -0.25) is 0 Å². The molecule has 4 nitrogen and oxygen atoms in total. The number of rotatable bonds is 3. The van der Waals surface area contributed by atoms with Gasteiger partial charge in [-0.25, -0.2) is 12.7 Å². The second kappa shape index (κ2) is 4.59. The first kappa shape index (κ1) is 11.9. The van der Waals surface area contributed by atoms with Gasteiger partial charge in [0, 0.05) is 19.1 Å². The van der Waals surface area contributed by atoms with E-state index < -0.39 is 10.0 Å². The fraction of sp³-hybridized carbons (Fsp3) is 1.00. The maximum Gasteiger partial charge on any atom is 0.213 e. The van der Waals surface area contributed by atoms with Gasteiger partial charge in [0.2, 0.25) is 10.0 Å². The predicted octanol–water partition coefficient (Wildman–Crippen LogP) is 0.395. The number of piperidine rings is 1. The Labute approximate surface area is 86.5 Å². The third kappa shape index (κ3) is 2.46. The number of nitrogens with two attached hydrogens (primary N) is 1. The molecule has 2 atom stereocenters. The van der Waals surface area contributed by atoms with Gasteiger partial charge in [-0.1, -0.05) is 13.3 Å². The van der Waals surface area contributed by atoms with E-state index in [1.807, 2.05) is 0 Å². The largest absolute Gasteiger partial charge is 0.327 e. The third-order valence-electron chi connectivity index (χ3n) is 3.04. The lowest BCUT2D eigenvalue weighted by molar-refractivity contribution is 0.231. The smallest absolute Gasteiger partial charge is 0.213 e. The van der Waals surface area contributed by atoms with Crippen molar-refractivity contribution in [2.45, 2.75) is 32.7 Å². The van der Waals surface area contributed by atoms with Gasteiger partial charge in [-0.2, -0.15) is 0 Å². The first-order chi connectivity index (χ1) is 6.51. The van der Waals surface area contributed by atoms with Crippen LogP contribution in [0.4, 0.5) is 0 Å². The zero-order valence-corrected chi connectivity index (χ0v) is 9.76. The van der Waals surface area contributed by atoms with E-state index in [1.165, 1.54) is 0 Å². The molecule has 0 aromatic heterocycles. The Morgan fingerprint density at radius 2 is 2.07 bits per heavy atom. The minimum atomic E-state index is -3.01. The molecule has 0 aromatic carbocycles. The van der Waals surface area contributed by atoms with Gasteiger partial charge in [0.05, 0.1) is 5.75 Å². The van der Waals surface area contributed by atoms with Crippen molar-refractivity contribution in [3.8, 4) is 0 Å². The Hall–Kier alpha value is -0.130. The van der Waals surface area contributed by atoms with Gasteiger partial charge < -0.3 is 5.73 Å². The van der Waals surface area contributed by atoms with Crippen molar-refractivity contribution in [2.75, 3.05) is 18.8 Å². The van der Waals surface area contributed by atoms with Gasteiger partial charge in [0.25, 0.3) is 0 Å². The first-order valence-electron chi connectivity index (χ1n) is 5.24. The molecule has 0 bridgehead atoms. The monoisotopic (exact) mass is 220 g/mol. The molecule has 14 heavy (non-hydrogen) atoms. The summed E-state index contributed by atoms with van der Waals surface area (Å²) in [7, 11) is -3.01. The van der Waals surface area contributed by atoms with Crippen LogP contribution in [0.15, 0.2) is 0 Å². The van der Waals surface area contributed by atoms with Gasteiger partial charge >= 0.3 is 0 Å². The van der Waals surface area contributed by atoms with Crippen LogP contribution in [0.1, 0.15) is 26.7 Å². The molecule has 0 aliphatic carbocycles. The SMILES string of the molecule is CCC1CN(S(=O)(=O)CC)CCC1N. The summed E-state index contributed by atoms with van der Waals surface area (Å²) in [5.41, 5.74) is 5.91. The lowest BCUT2D eigenvalue weighted by Gasteiger charge is -2.35. The summed E-state index contributed by atoms with van der Waals surface area (Å²) in [6, 6.07) is 0.170. The van der Waals surface area contributed by atoms with Crippen LogP contribution in [0.3, 0.4) is 0 Å². The summed E-state index contributed by atoms with van der Waals surface area (Å²) < 4.78 is 24.8. The van der Waals surface area contributed by atoms with Crippen molar-refractivity contribution in [3.05, 3.63) is 0 Å². The van der Waals surface area contributed by atoms with Crippen molar-refractivity contribution in [1.82, 2.24) is 4.31 Å². The normalized spacial score (nSPS) is 30.5. The van der Waals surface area contributed by atoms with Crippen LogP contribution in [-0.4, -0.2) is 37.6 Å². The summed E-state index contributed by atoms with van der Waals surface area (Å²) in [6.07, 6.45) is 1.74. The van der Waals surface area contributed by atoms with Crippen LogP contribution >= 0.6 is 0 Å². The molecule has 0 amide bonds. The van der Waals surface area contributed by atoms with E-state index in [0.717, 1.165) is 12.8 Å². The lowest BCUT2D eigenvalue weighted by atomic mass is 9.92. The molecule has 0 radical (unpaired) electrons. The molecule has 2 N–H and O–H groups in total. The Morgan fingerprint density at radius 3 is 2.57 bits per heavy atom.